The molecule has 1 aliphatic rings. The summed E-state index contributed by atoms with van der Waals surface area (Å²) in [4.78, 5) is 11.1. The van der Waals surface area contributed by atoms with Crippen molar-refractivity contribution < 1.29 is 9.90 Å². The minimum Gasteiger partial charge on any atom is -0.478 e. The Bertz CT molecular complexity index is 690. The summed E-state index contributed by atoms with van der Waals surface area (Å²) in [6.07, 6.45) is 13.3. The number of rotatable bonds is 5. The van der Waals surface area contributed by atoms with Crippen LogP contribution in [0, 0.1) is 11.3 Å². The summed E-state index contributed by atoms with van der Waals surface area (Å²) in [6.45, 7) is 0. The van der Waals surface area contributed by atoms with Crippen LogP contribution in [-0.2, 0) is 11.2 Å². The van der Waals surface area contributed by atoms with E-state index >= 15 is 0 Å². The van der Waals surface area contributed by atoms with Crippen molar-refractivity contribution >= 4 is 5.97 Å². The number of nitrogens with two attached hydrogens (primary N) is 1. The van der Waals surface area contributed by atoms with E-state index in [-0.39, 0.29) is 5.57 Å². The highest BCUT2D eigenvalue weighted by atomic mass is 16.4. The molecule has 0 aliphatic heterocycles. The van der Waals surface area contributed by atoms with Crippen molar-refractivity contribution in [2.45, 2.75) is 57.3 Å². The molecule has 1 aromatic rings. The molecule has 0 bridgehead atoms. The van der Waals surface area contributed by atoms with Crippen molar-refractivity contribution in [1.29, 1.82) is 5.26 Å². The Morgan fingerprint density at radius 3 is 2.52 bits per heavy atom. The fraction of sp³-hybridized carbons (Fsp3) is 0.429. The second-order valence-corrected chi connectivity index (χ2v) is 6.60. The molecule has 0 aromatic heterocycles. The minimum atomic E-state index is -1.01. The van der Waals surface area contributed by atoms with Crippen molar-refractivity contribution in [3.05, 3.63) is 58.8 Å². The van der Waals surface area contributed by atoms with Crippen LogP contribution in [0.2, 0.25) is 0 Å². The van der Waals surface area contributed by atoms with Gasteiger partial charge in [0.05, 0.1) is 17.2 Å². The fourth-order valence-electron chi connectivity index (χ4n) is 3.51. The van der Waals surface area contributed by atoms with Crippen molar-refractivity contribution in [2.24, 2.45) is 5.73 Å². The first kappa shape index (κ1) is 18.8. The third-order valence-electron chi connectivity index (χ3n) is 4.86. The number of nitriles is 1. The molecule has 0 heterocycles. The molecule has 1 saturated carbocycles. The fourth-order valence-corrected chi connectivity index (χ4v) is 3.51. The number of allylic oxidation sites excluding steroid dienone is 1. The standard InChI is InChI=1S/C21H26N2O2/c22-13-12-18(21(24)25)10-8-16-9-11-20(19(14-16)15-23)17-6-4-2-1-3-5-7-17/h9-14,17H,1-8,22H2,(H,24,25)/b13-12-,18-10+. The summed E-state index contributed by atoms with van der Waals surface area (Å²) in [5, 5.41) is 18.7. The summed E-state index contributed by atoms with van der Waals surface area (Å²) in [6, 6.07) is 8.31. The average Bonchev–Trinajstić information content (AvgIpc) is 2.58. The first-order chi connectivity index (χ1) is 12.2. The van der Waals surface area contributed by atoms with Crippen molar-refractivity contribution in [3.63, 3.8) is 0 Å². The predicted molar refractivity (Wildman–Crippen MR) is 99.0 cm³/mol. The Morgan fingerprint density at radius 2 is 1.92 bits per heavy atom. The third kappa shape index (κ3) is 5.49. The number of carboxylic acids is 1. The molecule has 3 N–H and O–H groups in total. The maximum absolute atomic E-state index is 11.1. The van der Waals surface area contributed by atoms with E-state index in [0.717, 1.165) is 29.5 Å². The molecule has 0 radical (unpaired) electrons. The second kappa shape index (κ2) is 9.68. The van der Waals surface area contributed by atoms with Gasteiger partial charge in [-0.15, -0.1) is 0 Å². The monoisotopic (exact) mass is 338 g/mol. The topological polar surface area (TPSA) is 87.1 Å². The van der Waals surface area contributed by atoms with Gasteiger partial charge in [-0.25, -0.2) is 4.79 Å². The number of benzene rings is 1. The maximum Gasteiger partial charge on any atom is 0.335 e. The lowest BCUT2D eigenvalue weighted by Crippen LogP contribution is -2.05. The highest BCUT2D eigenvalue weighted by Gasteiger charge is 2.17. The molecule has 0 saturated heterocycles. The van der Waals surface area contributed by atoms with Gasteiger partial charge >= 0.3 is 5.97 Å². The van der Waals surface area contributed by atoms with Crippen LogP contribution in [0.5, 0.6) is 0 Å². The molecule has 4 nitrogen and oxygen atoms in total. The highest BCUT2D eigenvalue weighted by Crippen LogP contribution is 2.33. The van der Waals surface area contributed by atoms with Crippen LogP contribution in [-0.4, -0.2) is 11.1 Å². The number of carboxylic acid groups (broad SMARTS) is 1. The van der Waals surface area contributed by atoms with E-state index in [4.69, 9.17) is 10.8 Å². The molecule has 0 unspecified atom stereocenters. The summed E-state index contributed by atoms with van der Waals surface area (Å²) in [5.41, 5.74) is 8.25. The lowest BCUT2D eigenvalue weighted by molar-refractivity contribution is -0.132. The van der Waals surface area contributed by atoms with Crippen LogP contribution in [0.15, 0.2) is 42.1 Å². The van der Waals surface area contributed by atoms with Gasteiger partial charge < -0.3 is 10.8 Å². The first-order valence-electron chi connectivity index (χ1n) is 9.00. The Kier molecular flexibility index (Phi) is 7.28. The molecular weight excluding hydrogens is 312 g/mol. The zero-order valence-electron chi connectivity index (χ0n) is 14.6. The molecule has 25 heavy (non-hydrogen) atoms. The maximum atomic E-state index is 11.1. The van der Waals surface area contributed by atoms with E-state index in [0.29, 0.717) is 12.3 Å². The Labute approximate surface area is 149 Å². The number of aliphatic carboxylic acids is 1. The SMILES string of the molecule is N#Cc1cc(C/C=C(\C=C/N)C(=O)O)ccc1C1CCCCCCC1. The zero-order chi connectivity index (χ0) is 18.1. The van der Waals surface area contributed by atoms with Crippen molar-refractivity contribution in [1.82, 2.24) is 0 Å². The molecule has 1 aliphatic carbocycles. The van der Waals surface area contributed by atoms with E-state index in [1.807, 2.05) is 12.1 Å². The van der Waals surface area contributed by atoms with Crippen LogP contribution in [0.25, 0.3) is 0 Å². The van der Waals surface area contributed by atoms with Crippen LogP contribution >= 0.6 is 0 Å². The number of hydrogen-bond acceptors (Lipinski definition) is 3. The summed E-state index contributed by atoms with van der Waals surface area (Å²) < 4.78 is 0. The Hall–Kier alpha value is -2.54. The Balaban J connectivity index is 2.19. The zero-order valence-corrected chi connectivity index (χ0v) is 14.6. The summed E-state index contributed by atoms with van der Waals surface area (Å²) >= 11 is 0. The average molecular weight is 338 g/mol. The van der Waals surface area contributed by atoms with Gasteiger partial charge in [0.1, 0.15) is 0 Å². The van der Waals surface area contributed by atoms with Gasteiger partial charge in [0.25, 0.3) is 0 Å². The van der Waals surface area contributed by atoms with Gasteiger partial charge in [0.15, 0.2) is 0 Å². The van der Waals surface area contributed by atoms with Gasteiger partial charge in [-0.2, -0.15) is 5.26 Å². The largest absolute Gasteiger partial charge is 0.478 e. The number of nitrogens with zero attached hydrogens (tertiary/aromatic N) is 1. The molecular formula is C21H26N2O2. The molecule has 0 atom stereocenters. The number of carbonyl (C=O) groups is 1. The van der Waals surface area contributed by atoms with Gasteiger partial charge in [-0.3, -0.25) is 0 Å². The van der Waals surface area contributed by atoms with Crippen LogP contribution < -0.4 is 5.73 Å². The smallest absolute Gasteiger partial charge is 0.335 e. The molecule has 4 heteroatoms. The van der Waals surface area contributed by atoms with Crippen molar-refractivity contribution in [3.8, 4) is 6.07 Å². The van der Waals surface area contributed by atoms with E-state index in [1.54, 1.807) is 6.08 Å². The first-order valence-corrected chi connectivity index (χ1v) is 9.00. The summed E-state index contributed by atoms with van der Waals surface area (Å²) in [7, 11) is 0. The lowest BCUT2D eigenvalue weighted by atomic mass is 9.83. The predicted octanol–water partition coefficient (Wildman–Crippen LogP) is 4.41. The van der Waals surface area contributed by atoms with Gasteiger partial charge in [0, 0.05) is 0 Å². The van der Waals surface area contributed by atoms with E-state index in [2.05, 4.69) is 12.1 Å². The molecule has 0 spiro atoms. The molecule has 132 valence electrons. The van der Waals surface area contributed by atoms with Crippen LogP contribution in [0.1, 0.15) is 67.6 Å². The van der Waals surface area contributed by atoms with Crippen LogP contribution in [0.3, 0.4) is 0 Å². The van der Waals surface area contributed by atoms with E-state index in [9.17, 15) is 10.1 Å². The molecule has 2 rings (SSSR count). The quantitative estimate of drug-likeness (QED) is 0.615. The molecule has 1 fully saturated rings. The second-order valence-electron chi connectivity index (χ2n) is 6.60. The van der Waals surface area contributed by atoms with E-state index < -0.39 is 5.97 Å². The lowest BCUT2D eigenvalue weighted by Gasteiger charge is -2.21. The van der Waals surface area contributed by atoms with Crippen molar-refractivity contribution in [2.75, 3.05) is 0 Å². The minimum absolute atomic E-state index is 0.158. The van der Waals surface area contributed by atoms with Gasteiger partial charge in [-0.1, -0.05) is 50.3 Å². The van der Waals surface area contributed by atoms with Gasteiger partial charge in [-0.05, 0) is 54.6 Å². The molecule has 1 aromatic carbocycles. The third-order valence-corrected chi connectivity index (χ3v) is 4.86. The van der Waals surface area contributed by atoms with Crippen LogP contribution in [0.4, 0.5) is 0 Å². The highest BCUT2D eigenvalue weighted by molar-refractivity contribution is 5.89. The summed E-state index contributed by atoms with van der Waals surface area (Å²) in [5.74, 6) is -0.539. The molecule has 0 amide bonds. The van der Waals surface area contributed by atoms with E-state index in [1.165, 1.54) is 44.4 Å². The number of hydrogen-bond donors (Lipinski definition) is 2. The van der Waals surface area contributed by atoms with Gasteiger partial charge in [0.2, 0.25) is 0 Å². The Morgan fingerprint density at radius 1 is 1.24 bits per heavy atom. The normalized spacial score (nSPS) is 17.0.